The van der Waals surface area contributed by atoms with Crippen LogP contribution >= 0.6 is 12.4 Å². The fraction of sp³-hybridized carbons (Fsp3) is 0.917. The lowest BCUT2D eigenvalue weighted by molar-refractivity contribution is -0.148. The van der Waals surface area contributed by atoms with Gasteiger partial charge in [0.25, 0.3) is 0 Å². The summed E-state index contributed by atoms with van der Waals surface area (Å²) in [5.74, 6) is 0.0718. The number of amides is 1. The zero-order valence-corrected chi connectivity index (χ0v) is 11.7. The van der Waals surface area contributed by atoms with E-state index in [1.165, 1.54) is 0 Å². The molecule has 0 bridgehead atoms. The highest BCUT2D eigenvalue weighted by Crippen LogP contribution is 2.22. The topological polar surface area (TPSA) is 64.8 Å². The van der Waals surface area contributed by atoms with E-state index in [0.29, 0.717) is 45.8 Å². The lowest BCUT2D eigenvalue weighted by Gasteiger charge is -2.40. The number of carbonyl (C=O) groups is 1. The Kier molecular flexibility index (Phi) is 5.85. The van der Waals surface area contributed by atoms with Crippen LogP contribution in [0.3, 0.4) is 0 Å². The molecule has 5 nitrogen and oxygen atoms in total. The second-order valence-electron chi connectivity index (χ2n) is 4.92. The van der Waals surface area contributed by atoms with E-state index in [2.05, 4.69) is 6.92 Å². The second kappa shape index (κ2) is 6.70. The largest absolute Gasteiger partial charge is 0.381 e. The molecule has 2 heterocycles. The van der Waals surface area contributed by atoms with Gasteiger partial charge in [-0.15, -0.1) is 12.4 Å². The molecule has 6 heteroatoms. The summed E-state index contributed by atoms with van der Waals surface area (Å²) in [5, 5.41) is 0. The summed E-state index contributed by atoms with van der Waals surface area (Å²) in [6, 6.07) is 0. The van der Waals surface area contributed by atoms with Gasteiger partial charge in [-0.25, -0.2) is 0 Å². The van der Waals surface area contributed by atoms with Gasteiger partial charge in [-0.2, -0.15) is 0 Å². The maximum absolute atomic E-state index is 12.4. The number of nitrogens with zero attached hydrogens (tertiary/aromatic N) is 1. The first-order valence-electron chi connectivity index (χ1n) is 6.43. The van der Waals surface area contributed by atoms with Crippen LogP contribution in [0.1, 0.15) is 26.2 Å². The minimum Gasteiger partial charge on any atom is -0.381 e. The summed E-state index contributed by atoms with van der Waals surface area (Å²) in [5.41, 5.74) is 5.49. The van der Waals surface area contributed by atoms with Gasteiger partial charge in [0.2, 0.25) is 5.91 Å². The smallest absolute Gasteiger partial charge is 0.243 e. The average molecular weight is 279 g/mol. The highest BCUT2D eigenvalue weighted by atomic mass is 35.5. The minimum absolute atomic E-state index is 0. The molecule has 2 aliphatic rings. The van der Waals surface area contributed by atoms with Crippen molar-refractivity contribution in [3.63, 3.8) is 0 Å². The molecule has 18 heavy (non-hydrogen) atoms. The van der Waals surface area contributed by atoms with Gasteiger partial charge in [0.15, 0.2) is 0 Å². The molecule has 1 amide bonds. The summed E-state index contributed by atoms with van der Waals surface area (Å²) in [6.45, 7) is 5.21. The highest BCUT2D eigenvalue weighted by Gasteiger charge is 2.40. The Morgan fingerprint density at radius 3 is 2.67 bits per heavy atom. The summed E-state index contributed by atoms with van der Waals surface area (Å²) < 4.78 is 10.8. The van der Waals surface area contributed by atoms with Crippen molar-refractivity contribution in [2.45, 2.75) is 37.8 Å². The normalized spacial score (nSPS) is 27.4. The highest BCUT2D eigenvalue weighted by molar-refractivity contribution is 5.86. The molecule has 2 saturated heterocycles. The molecule has 0 aromatic rings. The van der Waals surface area contributed by atoms with Gasteiger partial charge in [0.1, 0.15) is 0 Å². The average Bonchev–Trinajstić information content (AvgIpc) is 2.39. The monoisotopic (exact) mass is 278 g/mol. The Morgan fingerprint density at radius 2 is 2.06 bits per heavy atom. The fourth-order valence-electron chi connectivity index (χ4n) is 2.42. The van der Waals surface area contributed by atoms with E-state index >= 15 is 0 Å². The van der Waals surface area contributed by atoms with Crippen LogP contribution in [0, 0.1) is 0 Å². The van der Waals surface area contributed by atoms with Gasteiger partial charge in [-0.3, -0.25) is 4.79 Å². The van der Waals surface area contributed by atoms with E-state index < -0.39 is 5.54 Å². The van der Waals surface area contributed by atoms with E-state index in [1.807, 2.05) is 4.90 Å². The van der Waals surface area contributed by atoms with E-state index in [9.17, 15) is 4.79 Å². The number of halogens is 1. The van der Waals surface area contributed by atoms with Crippen molar-refractivity contribution in [2.24, 2.45) is 5.73 Å². The Labute approximate surface area is 114 Å². The molecule has 0 aliphatic carbocycles. The van der Waals surface area contributed by atoms with E-state index in [0.717, 1.165) is 6.42 Å². The number of rotatable bonds is 2. The number of nitrogens with two attached hydrogens (primary N) is 1. The molecule has 1 atom stereocenters. The number of hydrogen-bond acceptors (Lipinski definition) is 4. The van der Waals surface area contributed by atoms with Crippen LogP contribution in [0.4, 0.5) is 0 Å². The molecule has 0 radical (unpaired) electrons. The molecule has 106 valence electrons. The molecule has 2 rings (SSSR count). The number of hydrogen-bond donors (Lipinski definition) is 1. The summed E-state index contributed by atoms with van der Waals surface area (Å²) in [7, 11) is 0. The fourth-order valence-corrected chi connectivity index (χ4v) is 2.42. The van der Waals surface area contributed by atoms with Gasteiger partial charge in [0.05, 0.1) is 18.2 Å². The van der Waals surface area contributed by atoms with Crippen LogP contribution in [0.15, 0.2) is 0 Å². The third kappa shape index (κ3) is 3.35. The van der Waals surface area contributed by atoms with E-state index in [4.69, 9.17) is 15.2 Å². The molecule has 0 spiro atoms. The SMILES string of the molecule is CCC1CN(C(=O)C2(N)CCOCC2)CCO1.Cl. The number of morpholine rings is 1. The number of ether oxygens (including phenoxy) is 2. The zero-order valence-electron chi connectivity index (χ0n) is 10.9. The van der Waals surface area contributed by atoms with Crippen LogP contribution in [0.5, 0.6) is 0 Å². The summed E-state index contributed by atoms with van der Waals surface area (Å²) in [6.07, 6.45) is 2.35. The van der Waals surface area contributed by atoms with Gasteiger partial charge >= 0.3 is 0 Å². The molecular formula is C12H23ClN2O3. The van der Waals surface area contributed by atoms with Gasteiger partial charge < -0.3 is 20.1 Å². The maximum Gasteiger partial charge on any atom is 0.243 e. The standard InChI is InChI=1S/C12H22N2O3.ClH/c1-2-10-9-14(5-8-17-10)11(15)12(13)3-6-16-7-4-12;/h10H,2-9,13H2,1H3;1H. The van der Waals surface area contributed by atoms with Crippen molar-refractivity contribution in [3.05, 3.63) is 0 Å². The first-order valence-corrected chi connectivity index (χ1v) is 6.43. The molecule has 1 unspecified atom stereocenters. The zero-order chi connectivity index (χ0) is 12.3. The Bertz CT molecular complexity index is 282. The van der Waals surface area contributed by atoms with Crippen molar-refractivity contribution in [3.8, 4) is 0 Å². The lowest BCUT2D eigenvalue weighted by Crippen LogP contribution is -2.60. The quantitative estimate of drug-likeness (QED) is 0.801. The maximum atomic E-state index is 12.4. The molecule has 2 fully saturated rings. The van der Waals surface area contributed by atoms with Gasteiger partial charge in [-0.1, -0.05) is 6.92 Å². The van der Waals surface area contributed by atoms with Crippen LogP contribution in [0.25, 0.3) is 0 Å². The predicted molar refractivity (Wildman–Crippen MR) is 70.8 cm³/mol. The van der Waals surface area contributed by atoms with Crippen molar-refractivity contribution >= 4 is 18.3 Å². The lowest BCUT2D eigenvalue weighted by atomic mass is 9.89. The predicted octanol–water partition coefficient (Wildman–Crippen LogP) is 0.553. The third-order valence-electron chi connectivity index (χ3n) is 3.69. The summed E-state index contributed by atoms with van der Waals surface area (Å²) >= 11 is 0. The Hall–Kier alpha value is -0.360. The van der Waals surface area contributed by atoms with Crippen molar-refractivity contribution < 1.29 is 14.3 Å². The minimum atomic E-state index is -0.714. The molecular weight excluding hydrogens is 256 g/mol. The van der Waals surface area contributed by atoms with Crippen LogP contribution in [0.2, 0.25) is 0 Å². The molecule has 0 aromatic heterocycles. The van der Waals surface area contributed by atoms with Crippen LogP contribution in [-0.4, -0.2) is 55.4 Å². The van der Waals surface area contributed by atoms with E-state index in [1.54, 1.807) is 0 Å². The number of carbonyl (C=O) groups excluding carboxylic acids is 1. The second-order valence-corrected chi connectivity index (χ2v) is 4.92. The summed E-state index contributed by atoms with van der Waals surface area (Å²) in [4.78, 5) is 14.3. The van der Waals surface area contributed by atoms with Crippen LogP contribution in [-0.2, 0) is 14.3 Å². The van der Waals surface area contributed by atoms with Gasteiger partial charge in [-0.05, 0) is 19.3 Å². The third-order valence-corrected chi connectivity index (χ3v) is 3.69. The van der Waals surface area contributed by atoms with Crippen molar-refractivity contribution in [1.29, 1.82) is 0 Å². The van der Waals surface area contributed by atoms with Gasteiger partial charge in [0, 0.05) is 26.3 Å². The molecule has 2 N–H and O–H groups in total. The first kappa shape index (κ1) is 15.7. The molecule has 0 aromatic carbocycles. The van der Waals surface area contributed by atoms with Crippen molar-refractivity contribution in [2.75, 3.05) is 32.9 Å². The molecule has 0 saturated carbocycles. The Morgan fingerprint density at radius 1 is 1.39 bits per heavy atom. The van der Waals surface area contributed by atoms with E-state index in [-0.39, 0.29) is 24.4 Å². The Balaban J connectivity index is 0.00000162. The first-order chi connectivity index (χ1) is 8.15. The van der Waals surface area contributed by atoms with Crippen LogP contribution < -0.4 is 5.73 Å². The molecule has 2 aliphatic heterocycles. The van der Waals surface area contributed by atoms with Crippen molar-refractivity contribution in [1.82, 2.24) is 4.90 Å².